The second-order valence-electron chi connectivity index (χ2n) is 7.74. The molecule has 0 atom stereocenters. The lowest BCUT2D eigenvalue weighted by Gasteiger charge is -2.31. The smallest absolute Gasteiger partial charge is 0.326 e. The second kappa shape index (κ2) is 7.09. The highest BCUT2D eigenvalue weighted by Gasteiger charge is 2.27. The largest absolute Gasteiger partial charge is 0.331 e. The van der Waals surface area contributed by atoms with E-state index >= 15 is 0 Å². The fourth-order valence-corrected chi connectivity index (χ4v) is 4.11. The summed E-state index contributed by atoms with van der Waals surface area (Å²) in [5, 5.41) is 3.16. The molecule has 1 N–H and O–H groups in total. The molecule has 2 aromatic rings. The zero-order valence-corrected chi connectivity index (χ0v) is 15.9. The van der Waals surface area contributed by atoms with Crippen LogP contribution in [0.25, 0.3) is 10.9 Å². The van der Waals surface area contributed by atoms with Gasteiger partial charge < -0.3 is 5.32 Å². The fraction of sp³-hybridized carbons (Fsp3) is 0.550. The third-order valence-corrected chi connectivity index (χ3v) is 5.67. The molecule has 1 heterocycles. The van der Waals surface area contributed by atoms with Crippen molar-refractivity contribution in [1.29, 1.82) is 0 Å². The predicted molar refractivity (Wildman–Crippen MR) is 104 cm³/mol. The van der Waals surface area contributed by atoms with Crippen LogP contribution in [0.2, 0.25) is 0 Å². The van der Waals surface area contributed by atoms with Crippen molar-refractivity contribution in [3.05, 3.63) is 39.0 Å². The number of aryl methyl sites for hydroxylation is 1. The van der Waals surface area contributed by atoms with Crippen LogP contribution in [-0.2, 0) is 11.8 Å². The maximum atomic E-state index is 13.1. The maximum absolute atomic E-state index is 13.1. The van der Waals surface area contributed by atoms with Crippen LogP contribution in [0.15, 0.2) is 27.8 Å². The number of hydrogen-bond donors (Lipinski definition) is 1. The topological polar surface area (TPSA) is 73.1 Å². The van der Waals surface area contributed by atoms with E-state index in [0.717, 1.165) is 25.7 Å². The molecule has 1 saturated carbocycles. The third kappa shape index (κ3) is 3.32. The van der Waals surface area contributed by atoms with Crippen LogP contribution in [0.3, 0.4) is 0 Å². The Labute approximate surface area is 152 Å². The molecule has 0 spiro atoms. The number of rotatable bonds is 3. The van der Waals surface area contributed by atoms with Gasteiger partial charge in [-0.25, -0.2) is 4.79 Å². The first kappa shape index (κ1) is 18.4. The molecule has 0 unspecified atom stereocenters. The van der Waals surface area contributed by atoms with Crippen molar-refractivity contribution in [1.82, 2.24) is 9.13 Å². The van der Waals surface area contributed by atoms with Gasteiger partial charge in [-0.1, -0.05) is 13.8 Å². The number of aromatic nitrogens is 2. The summed E-state index contributed by atoms with van der Waals surface area (Å²) in [6.07, 6.45) is 3.80. The Hall–Kier alpha value is -2.37. The number of carbonyl (C=O) groups excluding carboxylic acids is 1. The van der Waals surface area contributed by atoms with Gasteiger partial charge in [0.05, 0.1) is 10.9 Å². The summed E-state index contributed by atoms with van der Waals surface area (Å²) in [4.78, 5) is 37.2. The Kier molecular flexibility index (Phi) is 5.03. The van der Waals surface area contributed by atoms with Gasteiger partial charge in [-0.3, -0.25) is 18.7 Å². The minimum atomic E-state index is -0.261. The van der Waals surface area contributed by atoms with Crippen LogP contribution >= 0.6 is 0 Å². The summed E-state index contributed by atoms with van der Waals surface area (Å²) in [6.45, 7) is 5.89. The van der Waals surface area contributed by atoms with Crippen molar-refractivity contribution in [3.63, 3.8) is 0 Å². The number of anilines is 1. The fourth-order valence-electron chi connectivity index (χ4n) is 4.11. The van der Waals surface area contributed by atoms with Crippen molar-refractivity contribution in [2.75, 3.05) is 5.32 Å². The van der Waals surface area contributed by atoms with Crippen LogP contribution in [0.1, 0.15) is 52.5 Å². The van der Waals surface area contributed by atoms with Gasteiger partial charge in [0.1, 0.15) is 0 Å². The SMILES string of the molecule is CC(=O)Nc1ccc2c(c1)c(=O)n(C1CCC(C(C)C)CC1)c(=O)n2C. The van der Waals surface area contributed by atoms with Crippen LogP contribution < -0.4 is 16.6 Å². The summed E-state index contributed by atoms with van der Waals surface area (Å²) < 4.78 is 2.96. The van der Waals surface area contributed by atoms with Gasteiger partial charge in [0.2, 0.25) is 5.91 Å². The van der Waals surface area contributed by atoms with Crippen molar-refractivity contribution >= 4 is 22.5 Å². The van der Waals surface area contributed by atoms with E-state index in [1.165, 1.54) is 16.1 Å². The average molecular weight is 357 g/mol. The van der Waals surface area contributed by atoms with E-state index in [2.05, 4.69) is 19.2 Å². The third-order valence-electron chi connectivity index (χ3n) is 5.67. The van der Waals surface area contributed by atoms with Crippen LogP contribution in [0.5, 0.6) is 0 Å². The number of benzene rings is 1. The molecule has 6 nitrogen and oxygen atoms in total. The number of fused-ring (bicyclic) bond motifs is 1. The molecule has 0 aliphatic heterocycles. The molecular formula is C20H27N3O3. The van der Waals surface area contributed by atoms with Gasteiger partial charge in [0.15, 0.2) is 0 Å². The molecule has 1 fully saturated rings. The van der Waals surface area contributed by atoms with Crippen LogP contribution in [0.4, 0.5) is 5.69 Å². The van der Waals surface area contributed by atoms with Crippen molar-refractivity contribution in [3.8, 4) is 0 Å². The lowest BCUT2D eigenvalue weighted by molar-refractivity contribution is -0.114. The number of amides is 1. The van der Waals surface area contributed by atoms with E-state index in [-0.39, 0.29) is 23.2 Å². The zero-order chi connectivity index (χ0) is 19.0. The minimum absolute atomic E-state index is 0.0509. The molecule has 6 heteroatoms. The molecule has 3 rings (SSSR count). The molecular weight excluding hydrogens is 330 g/mol. The lowest BCUT2D eigenvalue weighted by atomic mass is 9.79. The Morgan fingerprint density at radius 3 is 2.38 bits per heavy atom. The number of carbonyl (C=O) groups is 1. The van der Waals surface area contributed by atoms with Gasteiger partial charge >= 0.3 is 5.69 Å². The molecule has 1 aliphatic carbocycles. The quantitative estimate of drug-likeness (QED) is 0.917. The van der Waals surface area contributed by atoms with Crippen molar-refractivity contribution < 1.29 is 4.79 Å². The molecule has 1 aliphatic rings. The molecule has 0 radical (unpaired) electrons. The standard InChI is InChI=1S/C20H27N3O3/c1-12(2)14-5-8-16(9-6-14)23-19(25)17-11-15(21-13(3)24)7-10-18(17)22(4)20(23)26/h7,10-12,14,16H,5-6,8-9H2,1-4H3,(H,21,24). The Balaban J connectivity index is 2.07. The summed E-state index contributed by atoms with van der Waals surface area (Å²) in [7, 11) is 1.69. The number of nitrogens with one attached hydrogen (secondary N) is 1. The summed E-state index contributed by atoms with van der Waals surface area (Å²) in [5.41, 5.74) is 0.628. The minimum Gasteiger partial charge on any atom is -0.326 e. The van der Waals surface area contributed by atoms with Crippen LogP contribution in [-0.4, -0.2) is 15.0 Å². The molecule has 1 amide bonds. The zero-order valence-electron chi connectivity index (χ0n) is 15.9. The van der Waals surface area contributed by atoms with Crippen LogP contribution in [0, 0.1) is 11.8 Å². The van der Waals surface area contributed by atoms with Crippen molar-refractivity contribution in [2.45, 2.75) is 52.5 Å². The van der Waals surface area contributed by atoms with Gasteiger partial charge in [0.25, 0.3) is 5.56 Å². The van der Waals surface area contributed by atoms with E-state index < -0.39 is 0 Å². The summed E-state index contributed by atoms with van der Waals surface area (Å²) in [5.74, 6) is 1.10. The van der Waals surface area contributed by atoms with Gasteiger partial charge in [-0.05, 0) is 55.7 Å². The van der Waals surface area contributed by atoms with Crippen molar-refractivity contribution in [2.24, 2.45) is 18.9 Å². The highest BCUT2D eigenvalue weighted by Crippen LogP contribution is 2.34. The van der Waals surface area contributed by atoms with Gasteiger partial charge in [0, 0.05) is 25.7 Å². The number of hydrogen-bond acceptors (Lipinski definition) is 3. The highest BCUT2D eigenvalue weighted by molar-refractivity contribution is 5.92. The molecule has 1 aromatic carbocycles. The van der Waals surface area contributed by atoms with E-state index in [9.17, 15) is 14.4 Å². The Morgan fingerprint density at radius 2 is 1.81 bits per heavy atom. The van der Waals surface area contributed by atoms with E-state index in [1.54, 1.807) is 25.2 Å². The second-order valence-corrected chi connectivity index (χ2v) is 7.74. The normalized spacial score (nSPS) is 20.5. The highest BCUT2D eigenvalue weighted by atomic mass is 16.2. The first-order valence-electron chi connectivity index (χ1n) is 9.32. The first-order chi connectivity index (χ1) is 12.3. The monoisotopic (exact) mass is 357 g/mol. The predicted octanol–water partition coefficient (Wildman–Crippen LogP) is 3.05. The molecule has 140 valence electrons. The maximum Gasteiger partial charge on any atom is 0.331 e. The summed E-state index contributed by atoms with van der Waals surface area (Å²) in [6, 6.07) is 5.03. The average Bonchev–Trinajstić information content (AvgIpc) is 2.60. The molecule has 0 bridgehead atoms. The van der Waals surface area contributed by atoms with Gasteiger partial charge in [-0.2, -0.15) is 0 Å². The molecule has 1 aromatic heterocycles. The molecule has 26 heavy (non-hydrogen) atoms. The Bertz CT molecular complexity index is 947. The summed E-state index contributed by atoms with van der Waals surface area (Å²) >= 11 is 0. The van der Waals surface area contributed by atoms with E-state index in [0.29, 0.717) is 28.4 Å². The van der Waals surface area contributed by atoms with Gasteiger partial charge in [-0.15, -0.1) is 0 Å². The molecule has 0 saturated heterocycles. The number of nitrogens with zero attached hydrogens (tertiary/aromatic N) is 2. The first-order valence-corrected chi connectivity index (χ1v) is 9.32. The lowest BCUT2D eigenvalue weighted by Crippen LogP contribution is -2.42. The van der Waals surface area contributed by atoms with E-state index in [1.807, 2.05) is 0 Å². The van der Waals surface area contributed by atoms with E-state index in [4.69, 9.17) is 0 Å². The Morgan fingerprint density at radius 1 is 1.15 bits per heavy atom.